The maximum Gasteiger partial charge on any atom is 0.261 e. The fourth-order valence-corrected chi connectivity index (χ4v) is 4.86. The second-order valence-electron chi connectivity index (χ2n) is 9.30. The standard InChI is InChI=1S/C27H24FN7O3/c1-15-9-18(13-30-12-15)31-24-17(11-29)10-21(28)25(33-24)32-22-7-8-34(16(2)36)14-23(22)35-26(37)19-5-3-4-6-20(19)27(35)38/h3-6,9-10,12-13,22-23H,7-8,14H2,1-2H3,(H2,31,32,33)/t22-,23+/m1/s1. The highest BCUT2D eigenvalue weighted by Crippen LogP contribution is 2.31. The van der Waals surface area contributed by atoms with Crippen LogP contribution in [0.15, 0.2) is 48.8 Å². The molecule has 0 unspecified atom stereocenters. The van der Waals surface area contributed by atoms with Gasteiger partial charge in [0.15, 0.2) is 17.5 Å². The van der Waals surface area contributed by atoms with Crippen molar-refractivity contribution in [3.05, 3.63) is 76.9 Å². The van der Waals surface area contributed by atoms with Gasteiger partial charge in [0.25, 0.3) is 11.8 Å². The molecule has 192 valence electrons. The summed E-state index contributed by atoms with van der Waals surface area (Å²) in [6.45, 7) is 3.73. The number of fused-ring (bicyclic) bond motifs is 1. The Morgan fingerprint density at radius 3 is 2.47 bits per heavy atom. The number of carbonyl (C=O) groups excluding carboxylic acids is 3. The molecule has 2 N–H and O–H groups in total. The lowest BCUT2D eigenvalue weighted by molar-refractivity contribution is -0.130. The van der Waals surface area contributed by atoms with E-state index in [9.17, 15) is 19.6 Å². The summed E-state index contributed by atoms with van der Waals surface area (Å²) in [6.07, 6.45) is 3.57. The quantitative estimate of drug-likeness (QED) is 0.497. The van der Waals surface area contributed by atoms with Crippen molar-refractivity contribution < 1.29 is 18.8 Å². The molecule has 0 spiro atoms. The number of imide groups is 1. The Balaban J connectivity index is 1.48. The minimum absolute atomic E-state index is 0.00199. The number of nitrogens with zero attached hydrogens (tertiary/aromatic N) is 5. The number of hydrogen-bond donors (Lipinski definition) is 2. The summed E-state index contributed by atoms with van der Waals surface area (Å²) in [5.41, 5.74) is 2.03. The number of aromatic nitrogens is 2. The maximum absolute atomic E-state index is 15.1. The summed E-state index contributed by atoms with van der Waals surface area (Å²) in [5, 5.41) is 15.6. The van der Waals surface area contributed by atoms with Crippen molar-refractivity contribution in [1.82, 2.24) is 19.8 Å². The van der Waals surface area contributed by atoms with E-state index in [0.717, 1.165) is 16.5 Å². The molecular formula is C27H24FN7O3. The number of piperidine rings is 1. The SMILES string of the molecule is CC(=O)N1CC[C@@H](Nc2nc(Nc3cncc(C)c3)c(C#N)cc2F)[C@@H](N2C(=O)c3ccccc3C2=O)C1. The van der Waals surface area contributed by atoms with Crippen LogP contribution in [0.2, 0.25) is 0 Å². The molecule has 5 rings (SSSR count). The van der Waals surface area contributed by atoms with Crippen LogP contribution in [0.3, 0.4) is 0 Å². The molecule has 1 saturated heterocycles. The number of nitrogens with one attached hydrogen (secondary N) is 2. The largest absolute Gasteiger partial charge is 0.363 e. The molecule has 2 aliphatic rings. The second kappa shape index (κ2) is 9.89. The van der Waals surface area contributed by atoms with E-state index in [1.807, 2.05) is 19.1 Å². The predicted molar refractivity (Wildman–Crippen MR) is 136 cm³/mol. The van der Waals surface area contributed by atoms with Gasteiger partial charge < -0.3 is 15.5 Å². The fraction of sp³-hybridized carbons (Fsp3) is 0.259. The van der Waals surface area contributed by atoms with Gasteiger partial charge in [-0.25, -0.2) is 9.37 Å². The molecule has 10 nitrogen and oxygen atoms in total. The third kappa shape index (κ3) is 4.52. The van der Waals surface area contributed by atoms with Gasteiger partial charge in [-0.2, -0.15) is 5.26 Å². The van der Waals surface area contributed by atoms with E-state index < -0.39 is 29.7 Å². The third-order valence-corrected chi connectivity index (χ3v) is 6.74. The summed E-state index contributed by atoms with van der Waals surface area (Å²) in [7, 11) is 0. The van der Waals surface area contributed by atoms with Crippen molar-refractivity contribution >= 4 is 35.0 Å². The minimum atomic E-state index is -0.769. The number of aryl methyl sites for hydroxylation is 1. The smallest absolute Gasteiger partial charge is 0.261 e. The Labute approximate surface area is 218 Å². The van der Waals surface area contributed by atoms with E-state index in [-0.39, 0.29) is 40.8 Å². The van der Waals surface area contributed by atoms with Gasteiger partial charge in [-0.15, -0.1) is 0 Å². The van der Waals surface area contributed by atoms with Crippen molar-refractivity contribution in [2.75, 3.05) is 23.7 Å². The van der Waals surface area contributed by atoms with Gasteiger partial charge >= 0.3 is 0 Å². The highest BCUT2D eigenvalue weighted by Gasteiger charge is 2.45. The number of carbonyl (C=O) groups is 3. The van der Waals surface area contributed by atoms with E-state index in [1.54, 1.807) is 41.6 Å². The Morgan fingerprint density at radius 2 is 1.84 bits per heavy atom. The van der Waals surface area contributed by atoms with Gasteiger partial charge in [0.2, 0.25) is 5.91 Å². The number of amides is 3. The normalized spacial score (nSPS) is 18.7. The number of halogens is 1. The molecule has 4 heterocycles. The van der Waals surface area contributed by atoms with Gasteiger partial charge in [0.05, 0.1) is 40.7 Å². The molecule has 2 atom stereocenters. The molecule has 2 aliphatic heterocycles. The first-order valence-electron chi connectivity index (χ1n) is 12.0. The molecule has 0 aliphatic carbocycles. The van der Waals surface area contributed by atoms with Gasteiger partial charge in [0, 0.05) is 26.2 Å². The highest BCUT2D eigenvalue weighted by atomic mass is 19.1. The van der Waals surface area contributed by atoms with E-state index in [4.69, 9.17) is 0 Å². The number of rotatable bonds is 5. The average molecular weight is 514 g/mol. The zero-order valence-electron chi connectivity index (χ0n) is 20.7. The van der Waals surface area contributed by atoms with Crippen LogP contribution in [-0.4, -0.2) is 62.7 Å². The fourth-order valence-electron chi connectivity index (χ4n) is 4.86. The number of hydrogen-bond acceptors (Lipinski definition) is 8. The molecular weight excluding hydrogens is 489 g/mol. The first-order valence-corrected chi connectivity index (χ1v) is 12.0. The van der Waals surface area contributed by atoms with Gasteiger partial charge in [-0.3, -0.25) is 24.3 Å². The van der Waals surface area contributed by atoms with Gasteiger partial charge in [0.1, 0.15) is 6.07 Å². The zero-order valence-corrected chi connectivity index (χ0v) is 20.7. The molecule has 3 amide bonds. The van der Waals surface area contributed by atoms with Crippen LogP contribution >= 0.6 is 0 Å². The van der Waals surface area contributed by atoms with Crippen LogP contribution in [0.1, 0.15) is 45.2 Å². The van der Waals surface area contributed by atoms with Crippen LogP contribution < -0.4 is 10.6 Å². The van der Waals surface area contributed by atoms with Crippen LogP contribution in [0.5, 0.6) is 0 Å². The lowest BCUT2D eigenvalue weighted by atomic mass is 9.97. The third-order valence-electron chi connectivity index (χ3n) is 6.74. The summed E-state index contributed by atoms with van der Waals surface area (Å²) in [6, 6.07) is 9.99. The molecule has 1 aromatic carbocycles. The van der Waals surface area contributed by atoms with Crippen LogP contribution in [0.25, 0.3) is 0 Å². The van der Waals surface area contributed by atoms with E-state index >= 15 is 4.39 Å². The van der Waals surface area contributed by atoms with Gasteiger partial charge in [-0.1, -0.05) is 12.1 Å². The summed E-state index contributed by atoms with van der Waals surface area (Å²) in [4.78, 5) is 49.8. The monoisotopic (exact) mass is 513 g/mol. The molecule has 11 heteroatoms. The minimum Gasteiger partial charge on any atom is -0.363 e. The molecule has 38 heavy (non-hydrogen) atoms. The predicted octanol–water partition coefficient (Wildman–Crippen LogP) is 3.24. The average Bonchev–Trinajstić information content (AvgIpc) is 3.15. The summed E-state index contributed by atoms with van der Waals surface area (Å²) < 4.78 is 15.1. The van der Waals surface area contributed by atoms with Crippen molar-refractivity contribution in [2.45, 2.75) is 32.4 Å². The highest BCUT2D eigenvalue weighted by molar-refractivity contribution is 6.21. The molecule has 0 radical (unpaired) electrons. The summed E-state index contributed by atoms with van der Waals surface area (Å²) >= 11 is 0. The molecule has 3 aromatic rings. The van der Waals surface area contributed by atoms with E-state index in [2.05, 4.69) is 20.6 Å². The van der Waals surface area contributed by atoms with E-state index in [1.165, 1.54) is 6.92 Å². The number of pyridine rings is 2. The molecule has 2 aromatic heterocycles. The first-order chi connectivity index (χ1) is 18.3. The zero-order chi connectivity index (χ0) is 27.0. The van der Waals surface area contributed by atoms with Crippen molar-refractivity contribution in [2.24, 2.45) is 0 Å². The van der Waals surface area contributed by atoms with Crippen molar-refractivity contribution in [3.63, 3.8) is 0 Å². The molecule has 0 saturated carbocycles. The van der Waals surface area contributed by atoms with Gasteiger partial charge in [-0.05, 0) is 43.2 Å². The van der Waals surface area contributed by atoms with Crippen LogP contribution in [0.4, 0.5) is 21.7 Å². The summed E-state index contributed by atoms with van der Waals surface area (Å²) in [5.74, 6) is -1.89. The van der Waals surface area contributed by atoms with Crippen LogP contribution in [-0.2, 0) is 4.79 Å². The Hall–Kier alpha value is -4.85. The second-order valence-corrected chi connectivity index (χ2v) is 9.30. The number of benzene rings is 1. The Morgan fingerprint density at radius 1 is 1.13 bits per heavy atom. The Bertz CT molecular complexity index is 1470. The number of anilines is 3. The number of nitriles is 1. The number of likely N-dealkylation sites (tertiary alicyclic amines) is 1. The van der Waals surface area contributed by atoms with Crippen LogP contribution in [0, 0.1) is 24.1 Å². The maximum atomic E-state index is 15.1. The van der Waals surface area contributed by atoms with E-state index in [0.29, 0.717) is 18.7 Å². The lowest BCUT2D eigenvalue weighted by Crippen LogP contribution is -2.60. The van der Waals surface area contributed by atoms with Crippen molar-refractivity contribution in [3.8, 4) is 6.07 Å². The topological polar surface area (TPSA) is 131 Å². The lowest BCUT2D eigenvalue weighted by Gasteiger charge is -2.42. The molecule has 1 fully saturated rings. The molecule has 0 bridgehead atoms. The first kappa shape index (κ1) is 24.8. The Kier molecular flexibility index (Phi) is 6.46. The van der Waals surface area contributed by atoms with Crippen molar-refractivity contribution in [1.29, 1.82) is 5.26 Å².